The number of nitrogens with zero attached hydrogens (tertiary/aromatic N) is 2. The van der Waals surface area contributed by atoms with Crippen molar-refractivity contribution in [2.45, 2.75) is 26.2 Å². The van der Waals surface area contributed by atoms with E-state index in [0.29, 0.717) is 12.2 Å². The minimum Gasteiger partial charge on any atom is -0.462 e. The maximum absolute atomic E-state index is 11.5. The molecular weight excluding hydrogens is 216 g/mol. The molecule has 0 spiro atoms. The van der Waals surface area contributed by atoms with E-state index in [9.17, 15) is 4.79 Å². The van der Waals surface area contributed by atoms with Gasteiger partial charge in [0.1, 0.15) is 5.82 Å². The lowest BCUT2D eigenvalue weighted by Gasteiger charge is -2.27. The van der Waals surface area contributed by atoms with Gasteiger partial charge in [0.25, 0.3) is 0 Å². The Morgan fingerprint density at radius 2 is 2.12 bits per heavy atom. The molecule has 1 aromatic rings. The van der Waals surface area contributed by atoms with E-state index in [4.69, 9.17) is 4.74 Å². The Kier molecular flexibility index (Phi) is 3.96. The highest BCUT2D eigenvalue weighted by Crippen LogP contribution is 2.17. The predicted octanol–water partition coefficient (Wildman–Crippen LogP) is 2.25. The predicted molar refractivity (Wildman–Crippen MR) is 66.3 cm³/mol. The number of esters is 1. The van der Waals surface area contributed by atoms with Crippen LogP contribution in [0, 0.1) is 0 Å². The third kappa shape index (κ3) is 2.96. The monoisotopic (exact) mass is 234 g/mol. The molecule has 0 radical (unpaired) electrons. The largest absolute Gasteiger partial charge is 0.462 e. The molecule has 0 saturated carbocycles. The topological polar surface area (TPSA) is 42.4 Å². The van der Waals surface area contributed by atoms with Gasteiger partial charge in [0, 0.05) is 19.3 Å². The second-order valence-electron chi connectivity index (χ2n) is 4.17. The molecule has 2 heterocycles. The van der Waals surface area contributed by atoms with Crippen molar-refractivity contribution in [1.29, 1.82) is 0 Å². The number of aromatic nitrogens is 1. The molecule has 4 heteroatoms. The van der Waals surface area contributed by atoms with Crippen molar-refractivity contribution >= 4 is 11.8 Å². The van der Waals surface area contributed by atoms with Gasteiger partial charge in [-0.05, 0) is 38.3 Å². The summed E-state index contributed by atoms with van der Waals surface area (Å²) in [5.74, 6) is 0.656. The van der Waals surface area contributed by atoms with Crippen molar-refractivity contribution in [3.05, 3.63) is 23.9 Å². The molecule has 1 aliphatic heterocycles. The Hall–Kier alpha value is -1.58. The summed E-state index contributed by atoms with van der Waals surface area (Å²) in [6.07, 6.45) is 5.35. The Balaban J connectivity index is 2.04. The van der Waals surface area contributed by atoms with Crippen LogP contribution in [0.25, 0.3) is 0 Å². The van der Waals surface area contributed by atoms with Gasteiger partial charge in [0.05, 0.1) is 12.2 Å². The molecule has 1 saturated heterocycles. The van der Waals surface area contributed by atoms with Crippen LogP contribution in [0.15, 0.2) is 18.3 Å². The first-order valence-electron chi connectivity index (χ1n) is 6.19. The fourth-order valence-electron chi connectivity index (χ4n) is 2.03. The van der Waals surface area contributed by atoms with E-state index in [0.717, 1.165) is 18.9 Å². The number of hydrogen-bond acceptors (Lipinski definition) is 4. The average Bonchev–Trinajstić information content (AvgIpc) is 2.40. The van der Waals surface area contributed by atoms with Gasteiger partial charge in [-0.25, -0.2) is 9.78 Å². The molecule has 0 aliphatic carbocycles. The van der Waals surface area contributed by atoms with E-state index >= 15 is 0 Å². The number of pyridine rings is 1. The summed E-state index contributed by atoms with van der Waals surface area (Å²) < 4.78 is 4.92. The molecule has 0 unspecified atom stereocenters. The summed E-state index contributed by atoms with van der Waals surface area (Å²) in [5.41, 5.74) is 0.521. The van der Waals surface area contributed by atoms with Gasteiger partial charge in [0.15, 0.2) is 0 Å². The van der Waals surface area contributed by atoms with E-state index < -0.39 is 0 Å². The summed E-state index contributed by atoms with van der Waals surface area (Å²) in [6, 6.07) is 3.69. The molecule has 1 aliphatic rings. The van der Waals surface area contributed by atoms with Crippen LogP contribution >= 0.6 is 0 Å². The van der Waals surface area contributed by atoms with Gasteiger partial charge in [-0.3, -0.25) is 0 Å². The van der Waals surface area contributed by atoms with Crippen molar-refractivity contribution in [1.82, 2.24) is 4.98 Å². The molecule has 1 fully saturated rings. The molecule has 0 atom stereocenters. The lowest BCUT2D eigenvalue weighted by molar-refractivity contribution is 0.0526. The first-order valence-corrected chi connectivity index (χ1v) is 6.19. The standard InChI is InChI=1S/C13H18N2O2/c1-2-17-13(16)11-6-7-12(14-10-11)15-8-4-3-5-9-15/h6-7,10H,2-5,8-9H2,1H3. The lowest BCUT2D eigenvalue weighted by atomic mass is 10.1. The smallest absolute Gasteiger partial charge is 0.339 e. The summed E-state index contributed by atoms with van der Waals surface area (Å²) in [7, 11) is 0. The number of ether oxygens (including phenoxy) is 1. The zero-order valence-electron chi connectivity index (χ0n) is 10.2. The van der Waals surface area contributed by atoms with Gasteiger partial charge >= 0.3 is 5.97 Å². The highest BCUT2D eigenvalue weighted by atomic mass is 16.5. The minimum atomic E-state index is -0.301. The lowest BCUT2D eigenvalue weighted by Crippen LogP contribution is -2.30. The van der Waals surface area contributed by atoms with E-state index in [2.05, 4.69) is 9.88 Å². The van der Waals surface area contributed by atoms with Crippen LogP contribution in [-0.2, 0) is 4.74 Å². The molecule has 17 heavy (non-hydrogen) atoms. The molecule has 0 N–H and O–H groups in total. The Labute approximate surface area is 102 Å². The molecule has 4 nitrogen and oxygen atoms in total. The van der Waals surface area contributed by atoms with Crippen LogP contribution < -0.4 is 4.90 Å². The summed E-state index contributed by atoms with van der Waals surface area (Å²) in [4.78, 5) is 18.0. The zero-order chi connectivity index (χ0) is 12.1. The fraction of sp³-hybridized carbons (Fsp3) is 0.538. The first kappa shape index (κ1) is 11.9. The molecule has 0 aromatic carbocycles. The molecule has 2 rings (SSSR count). The van der Waals surface area contributed by atoms with Gasteiger partial charge in [-0.1, -0.05) is 0 Å². The molecular formula is C13H18N2O2. The van der Waals surface area contributed by atoms with Crippen LogP contribution in [0.4, 0.5) is 5.82 Å². The maximum Gasteiger partial charge on any atom is 0.339 e. The minimum absolute atomic E-state index is 0.301. The van der Waals surface area contributed by atoms with Crippen LogP contribution in [0.1, 0.15) is 36.5 Å². The summed E-state index contributed by atoms with van der Waals surface area (Å²) >= 11 is 0. The second kappa shape index (κ2) is 5.66. The van der Waals surface area contributed by atoms with Crippen molar-refractivity contribution in [3.8, 4) is 0 Å². The zero-order valence-corrected chi connectivity index (χ0v) is 10.2. The number of rotatable bonds is 3. The third-order valence-electron chi connectivity index (χ3n) is 2.94. The average molecular weight is 234 g/mol. The second-order valence-corrected chi connectivity index (χ2v) is 4.17. The highest BCUT2D eigenvalue weighted by Gasteiger charge is 2.13. The summed E-state index contributed by atoms with van der Waals surface area (Å²) in [6.45, 7) is 4.32. The van der Waals surface area contributed by atoms with Crippen molar-refractivity contribution in [2.24, 2.45) is 0 Å². The number of anilines is 1. The number of carbonyl (C=O) groups is 1. The van der Waals surface area contributed by atoms with Gasteiger partial charge in [-0.2, -0.15) is 0 Å². The van der Waals surface area contributed by atoms with E-state index in [1.165, 1.54) is 19.3 Å². The molecule has 0 amide bonds. The molecule has 0 bridgehead atoms. The Bertz CT molecular complexity index is 370. The normalized spacial score (nSPS) is 15.7. The van der Waals surface area contributed by atoms with Crippen LogP contribution in [0.2, 0.25) is 0 Å². The van der Waals surface area contributed by atoms with E-state index in [1.54, 1.807) is 19.2 Å². The highest BCUT2D eigenvalue weighted by molar-refractivity contribution is 5.89. The molecule has 92 valence electrons. The fourth-order valence-corrected chi connectivity index (χ4v) is 2.03. The summed E-state index contributed by atoms with van der Waals surface area (Å²) in [5, 5.41) is 0. The van der Waals surface area contributed by atoms with Crippen molar-refractivity contribution < 1.29 is 9.53 Å². The third-order valence-corrected chi connectivity index (χ3v) is 2.94. The van der Waals surface area contributed by atoms with Gasteiger partial charge in [-0.15, -0.1) is 0 Å². The number of hydrogen-bond donors (Lipinski definition) is 0. The van der Waals surface area contributed by atoms with Crippen LogP contribution in [0.5, 0.6) is 0 Å². The van der Waals surface area contributed by atoms with E-state index in [-0.39, 0.29) is 5.97 Å². The van der Waals surface area contributed by atoms with Crippen LogP contribution in [-0.4, -0.2) is 30.6 Å². The Morgan fingerprint density at radius 1 is 1.35 bits per heavy atom. The van der Waals surface area contributed by atoms with Crippen molar-refractivity contribution in [2.75, 3.05) is 24.6 Å². The Morgan fingerprint density at radius 3 is 2.71 bits per heavy atom. The van der Waals surface area contributed by atoms with Gasteiger partial charge < -0.3 is 9.64 Å². The van der Waals surface area contributed by atoms with Crippen LogP contribution in [0.3, 0.4) is 0 Å². The quantitative estimate of drug-likeness (QED) is 0.752. The SMILES string of the molecule is CCOC(=O)c1ccc(N2CCCCC2)nc1. The number of piperidine rings is 1. The van der Waals surface area contributed by atoms with Gasteiger partial charge in [0.2, 0.25) is 0 Å². The first-order chi connectivity index (χ1) is 8.31. The van der Waals surface area contributed by atoms with E-state index in [1.807, 2.05) is 6.07 Å². The maximum atomic E-state index is 11.5. The van der Waals surface area contributed by atoms with Crippen molar-refractivity contribution in [3.63, 3.8) is 0 Å². The molecule has 1 aromatic heterocycles. The number of carbonyl (C=O) groups excluding carboxylic acids is 1.